The summed E-state index contributed by atoms with van der Waals surface area (Å²) in [4.78, 5) is 0.215. The number of rotatable bonds is 2. The van der Waals surface area contributed by atoms with Crippen molar-refractivity contribution in [3.63, 3.8) is 0 Å². The van der Waals surface area contributed by atoms with Crippen LogP contribution in [0.3, 0.4) is 0 Å². The van der Waals surface area contributed by atoms with E-state index in [2.05, 4.69) is 0 Å². The monoisotopic (exact) mass is 185 g/mol. The van der Waals surface area contributed by atoms with E-state index in [-0.39, 0.29) is 11.4 Å². The van der Waals surface area contributed by atoms with Gasteiger partial charge in [0.25, 0.3) is 0 Å². The third-order valence-corrected chi connectivity index (χ3v) is 2.24. The number of hydrogen-bond acceptors (Lipinski definition) is 4. The topological polar surface area (TPSA) is 92.2 Å². The molecule has 0 saturated carbocycles. The van der Waals surface area contributed by atoms with Gasteiger partial charge in [0.15, 0.2) is 0 Å². The van der Waals surface area contributed by atoms with Gasteiger partial charge in [0.05, 0.1) is 0 Å². The van der Waals surface area contributed by atoms with E-state index in [1.165, 1.54) is 12.1 Å². The number of benzene rings is 1. The summed E-state index contributed by atoms with van der Waals surface area (Å²) in [6, 6.07) is 4.54. The Morgan fingerprint density at radius 2 is 2.17 bits per heavy atom. The molecule has 1 aromatic carbocycles. The van der Waals surface area contributed by atoms with E-state index in [1.807, 2.05) is 0 Å². The van der Waals surface area contributed by atoms with Crippen LogP contribution < -0.4 is 11.5 Å². The zero-order valence-electron chi connectivity index (χ0n) is 6.32. The van der Waals surface area contributed by atoms with Crippen LogP contribution in [0.15, 0.2) is 23.1 Å². The molecule has 0 amide bonds. The molecule has 5 heteroatoms. The molecule has 0 radical (unpaired) electrons. The first-order valence-corrected chi connectivity index (χ1v) is 4.40. The molecule has 0 aliphatic rings. The Morgan fingerprint density at radius 3 is 2.67 bits per heavy atom. The Morgan fingerprint density at radius 1 is 1.50 bits per heavy atom. The van der Waals surface area contributed by atoms with Crippen molar-refractivity contribution >= 4 is 16.8 Å². The SMILES string of the molecule is NCc1cc(N)ccc1S(=O)[O-]. The molecule has 12 heavy (non-hydrogen) atoms. The molecule has 0 aromatic heterocycles. The molecule has 0 aliphatic heterocycles. The van der Waals surface area contributed by atoms with E-state index in [0.29, 0.717) is 11.3 Å². The minimum atomic E-state index is -2.23. The molecule has 0 aliphatic carbocycles. The molecule has 0 bridgehead atoms. The summed E-state index contributed by atoms with van der Waals surface area (Å²) in [6.45, 7) is 0.175. The smallest absolute Gasteiger partial charge is 0.0318 e. The predicted molar refractivity (Wildman–Crippen MR) is 45.9 cm³/mol. The van der Waals surface area contributed by atoms with Gasteiger partial charge in [-0.2, -0.15) is 0 Å². The van der Waals surface area contributed by atoms with Crippen molar-refractivity contribution in [3.8, 4) is 0 Å². The van der Waals surface area contributed by atoms with Gasteiger partial charge >= 0.3 is 0 Å². The first-order chi connectivity index (χ1) is 5.65. The van der Waals surface area contributed by atoms with Crippen LogP contribution in [-0.4, -0.2) is 8.76 Å². The van der Waals surface area contributed by atoms with Crippen LogP contribution in [-0.2, 0) is 17.6 Å². The standard InChI is InChI=1S/C7H10N2O2S/c8-4-5-3-6(9)1-2-7(5)12(10)11/h1-3H,4,8-9H2,(H,10,11)/p-1. The summed E-state index contributed by atoms with van der Waals surface area (Å²) >= 11 is -2.23. The van der Waals surface area contributed by atoms with Crippen molar-refractivity contribution < 1.29 is 8.76 Å². The normalized spacial score (nSPS) is 12.8. The highest BCUT2D eigenvalue weighted by molar-refractivity contribution is 7.79. The van der Waals surface area contributed by atoms with E-state index in [4.69, 9.17) is 11.5 Å². The second-order valence-electron chi connectivity index (χ2n) is 2.31. The van der Waals surface area contributed by atoms with Crippen LogP contribution in [0.4, 0.5) is 5.69 Å². The highest BCUT2D eigenvalue weighted by Crippen LogP contribution is 2.15. The zero-order valence-corrected chi connectivity index (χ0v) is 7.14. The fourth-order valence-corrected chi connectivity index (χ4v) is 1.46. The van der Waals surface area contributed by atoms with Gasteiger partial charge in [-0.3, -0.25) is 4.21 Å². The van der Waals surface area contributed by atoms with E-state index in [0.717, 1.165) is 0 Å². The number of nitrogens with two attached hydrogens (primary N) is 2. The second-order valence-corrected chi connectivity index (χ2v) is 3.22. The molecule has 0 saturated heterocycles. The number of hydrogen-bond donors (Lipinski definition) is 2. The van der Waals surface area contributed by atoms with Gasteiger partial charge in [0.1, 0.15) is 0 Å². The van der Waals surface area contributed by atoms with Crippen molar-refractivity contribution in [2.24, 2.45) is 5.73 Å². The Balaban J connectivity index is 3.20. The molecule has 66 valence electrons. The maximum Gasteiger partial charge on any atom is 0.0318 e. The Hall–Kier alpha value is -0.910. The van der Waals surface area contributed by atoms with Crippen LogP contribution >= 0.6 is 0 Å². The average molecular weight is 185 g/mol. The predicted octanol–water partition coefficient (Wildman–Crippen LogP) is -0.0345. The maximum absolute atomic E-state index is 10.6. The Bertz CT molecular complexity index is 314. The Kier molecular flexibility index (Phi) is 2.80. The van der Waals surface area contributed by atoms with Gasteiger partial charge in [0, 0.05) is 17.1 Å². The van der Waals surface area contributed by atoms with Gasteiger partial charge in [-0.25, -0.2) is 0 Å². The minimum Gasteiger partial charge on any atom is -0.768 e. The maximum atomic E-state index is 10.6. The van der Waals surface area contributed by atoms with Gasteiger partial charge < -0.3 is 16.0 Å². The van der Waals surface area contributed by atoms with Crippen molar-refractivity contribution in [1.29, 1.82) is 0 Å². The lowest BCUT2D eigenvalue weighted by molar-refractivity contribution is 0.536. The van der Waals surface area contributed by atoms with Crippen LogP contribution in [0.25, 0.3) is 0 Å². The second kappa shape index (κ2) is 3.66. The highest BCUT2D eigenvalue weighted by atomic mass is 32.2. The summed E-state index contributed by atoms with van der Waals surface area (Å²) in [5.41, 5.74) is 11.8. The number of anilines is 1. The summed E-state index contributed by atoms with van der Waals surface area (Å²) < 4.78 is 21.2. The van der Waals surface area contributed by atoms with Crippen LogP contribution in [0.2, 0.25) is 0 Å². The van der Waals surface area contributed by atoms with Gasteiger partial charge in [-0.15, -0.1) is 0 Å². The fraction of sp³-hybridized carbons (Fsp3) is 0.143. The van der Waals surface area contributed by atoms with Gasteiger partial charge in [-0.1, -0.05) is 0 Å². The molecular formula is C7H9N2O2S-. The van der Waals surface area contributed by atoms with E-state index >= 15 is 0 Å². The molecule has 1 unspecified atom stereocenters. The lowest BCUT2D eigenvalue weighted by Gasteiger charge is -2.10. The molecular weight excluding hydrogens is 176 g/mol. The molecule has 1 rings (SSSR count). The number of nitrogen functional groups attached to an aromatic ring is 1. The van der Waals surface area contributed by atoms with E-state index in [1.54, 1.807) is 6.07 Å². The lowest BCUT2D eigenvalue weighted by Crippen LogP contribution is -2.03. The fourth-order valence-electron chi connectivity index (χ4n) is 0.921. The summed E-state index contributed by atoms with van der Waals surface area (Å²) in [7, 11) is 0. The van der Waals surface area contributed by atoms with Crippen molar-refractivity contribution in [2.75, 3.05) is 5.73 Å². The quantitative estimate of drug-likeness (QED) is 0.499. The first-order valence-electron chi connectivity index (χ1n) is 3.33. The minimum absolute atomic E-state index is 0.175. The van der Waals surface area contributed by atoms with Crippen molar-refractivity contribution in [1.82, 2.24) is 0 Å². The van der Waals surface area contributed by atoms with E-state index < -0.39 is 11.1 Å². The molecule has 4 N–H and O–H groups in total. The summed E-state index contributed by atoms with van der Waals surface area (Å²) in [5, 5.41) is 0. The highest BCUT2D eigenvalue weighted by Gasteiger charge is 2.00. The molecule has 0 spiro atoms. The molecule has 4 nitrogen and oxygen atoms in total. The third kappa shape index (κ3) is 1.82. The largest absolute Gasteiger partial charge is 0.768 e. The molecule has 0 heterocycles. The van der Waals surface area contributed by atoms with Crippen molar-refractivity contribution in [3.05, 3.63) is 23.8 Å². The Labute approximate surface area is 72.9 Å². The first kappa shape index (κ1) is 9.18. The molecule has 1 aromatic rings. The van der Waals surface area contributed by atoms with Crippen LogP contribution in [0.5, 0.6) is 0 Å². The molecule has 1 atom stereocenters. The van der Waals surface area contributed by atoms with Gasteiger partial charge in [-0.05, 0) is 34.8 Å². The van der Waals surface area contributed by atoms with E-state index in [9.17, 15) is 8.76 Å². The lowest BCUT2D eigenvalue weighted by atomic mass is 10.2. The van der Waals surface area contributed by atoms with Gasteiger partial charge in [0.2, 0.25) is 0 Å². The zero-order chi connectivity index (χ0) is 9.14. The average Bonchev–Trinajstić information content (AvgIpc) is 2.03. The summed E-state index contributed by atoms with van der Waals surface area (Å²) in [6.07, 6.45) is 0. The van der Waals surface area contributed by atoms with Crippen LogP contribution in [0.1, 0.15) is 5.56 Å². The molecule has 0 fully saturated rings. The van der Waals surface area contributed by atoms with Crippen molar-refractivity contribution in [2.45, 2.75) is 11.4 Å². The summed E-state index contributed by atoms with van der Waals surface area (Å²) in [5.74, 6) is 0. The van der Waals surface area contributed by atoms with Crippen LogP contribution in [0, 0.1) is 0 Å². The third-order valence-electron chi connectivity index (χ3n) is 1.48.